The molecule has 0 saturated heterocycles. The van der Waals surface area contributed by atoms with Gasteiger partial charge in [-0.15, -0.1) is 6.58 Å². The van der Waals surface area contributed by atoms with Gasteiger partial charge in [0.1, 0.15) is 5.82 Å². The lowest BCUT2D eigenvalue weighted by atomic mass is 9.94. The summed E-state index contributed by atoms with van der Waals surface area (Å²) in [6.07, 6.45) is 0.443. The summed E-state index contributed by atoms with van der Waals surface area (Å²) >= 11 is 0. The fourth-order valence-electron chi connectivity index (χ4n) is 4.99. The third kappa shape index (κ3) is 6.12. The van der Waals surface area contributed by atoms with Crippen LogP contribution in [0.4, 0.5) is 10.1 Å². The molecule has 0 fully saturated rings. The van der Waals surface area contributed by atoms with Gasteiger partial charge in [0.2, 0.25) is 0 Å². The first-order valence-corrected chi connectivity index (χ1v) is 13.0. The zero-order valence-electron chi connectivity index (χ0n) is 22.2. The van der Waals surface area contributed by atoms with Crippen molar-refractivity contribution < 1.29 is 14.3 Å². The van der Waals surface area contributed by atoms with Gasteiger partial charge in [-0.2, -0.15) is 0 Å². The van der Waals surface area contributed by atoms with Crippen molar-refractivity contribution in [2.75, 3.05) is 5.32 Å². The maximum atomic E-state index is 14.0. The lowest BCUT2D eigenvalue weighted by Gasteiger charge is -2.19. The molecule has 1 aromatic heterocycles. The summed E-state index contributed by atoms with van der Waals surface area (Å²) in [4.78, 5) is 14.0. The highest BCUT2D eigenvalue weighted by Gasteiger charge is 2.30. The van der Waals surface area contributed by atoms with Crippen LogP contribution < -0.4 is 5.32 Å². The molecule has 0 bridgehead atoms. The first kappa shape index (κ1) is 27.1. The molecule has 1 amide bonds. The third-order valence-electron chi connectivity index (χ3n) is 6.56. The molecule has 3 aromatic carbocycles. The van der Waals surface area contributed by atoms with Crippen molar-refractivity contribution in [3.8, 4) is 22.4 Å². The van der Waals surface area contributed by atoms with Crippen molar-refractivity contribution in [1.29, 1.82) is 0 Å². The quantitative estimate of drug-likeness (QED) is 0.212. The summed E-state index contributed by atoms with van der Waals surface area (Å²) in [6, 6.07) is 25.6. The van der Waals surface area contributed by atoms with Crippen LogP contribution in [0, 0.1) is 5.82 Å². The number of halogens is 1. The number of hydrogen-bond donors (Lipinski definition) is 2. The van der Waals surface area contributed by atoms with E-state index in [1.54, 1.807) is 12.1 Å². The molecule has 0 aliphatic heterocycles. The number of benzene rings is 3. The van der Waals surface area contributed by atoms with E-state index in [4.69, 9.17) is 0 Å². The Bertz CT molecular complexity index is 1390. The number of aliphatic hydroxyl groups excluding tert-OH is 1. The molecule has 4 nitrogen and oxygen atoms in total. The average molecular weight is 511 g/mol. The summed E-state index contributed by atoms with van der Waals surface area (Å²) in [5.74, 6) is -0.527. The van der Waals surface area contributed by atoms with E-state index in [1.165, 1.54) is 12.1 Å². The van der Waals surface area contributed by atoms with Crippen LogP contribution in [0.2, 0.25) is 0 Å². The zero-order chi connectivity index (χ0) is 27.2. The van der Waals surface area contributed by atoms with Gasteiger partial charge in [-0.25, -0.2) is 4.39 Å². The number of carbonyl (C=O) groups is 1. The average Bonchev–Trinajstić information content (AvgIpc) is 3.24. The van der Waals surface area contributed by atoms with Crippen LogP contribution in [0.15, 0.2) is 97.1 Å². The van der Waals surface area contributed by atoms with Gasteiger partial charge in [-0.3, -0.25) is 4.79 Å². The summed E-state index contributed by atoms with van der Waals surface area (Å²) in [5.41, 5.74) is 6.42. The summed E-state index contributed by atoms with van der Waals surface area (Å²) in [7, 11) is 0. The topological polar surface area (TPSA) is 54.3 Å². The maximum absolute atomic E-state index is 14.0. The molecule has 0 spiro atoms. The van der Waals surface area contributed by atoms with E-state index in [9.17, 15) is 14.3 Å². The van der Waals surface area contributed by atoms with Crippen LogP contribution in [0.1, 0.15) is 55.6 Å². The first-order valence-electron chi connectivity index (χ1n) is 13.0. The zero-order valence-corrected chi connectivity index (χ0v) is 22.2. The van der Waals surface area contributed by atoms with Crippen molar-refractivity contribution in [3.63, 3.8) is 0 Å². The lowest BCUT2D eigenvalue weighted by Crippen LogP contribution is -2.18. The van der Waals surface area contributed by atoms with E-state index in [0.717, 1.165) is 33.7 Å². The van der Waals surface area contributed by atoms with E-state index in [1.807, 2.05) is 67.6 Å². The van der Waals surface area contributed by atoms with Gasteiger partial charge < -0.3 is 15.0 Å². The molecular weight excluding hydrogens is 475 g/mol. The lowest BCUT2D eigenvalue weighted by molar-refractivity contribution is 0.102. The molecule has 1 heterocycles. The molecule has 1 atom stereocenters. The van der Waals surface area contributed by atoms with Crippen molar-refractivity contribution in [2.45, 2.75) is 52.2 Å². The minimum Gasteiger partial charge on any atom is -0.393 e. The molecule has 2 N–H and O–H groups in total. The summed E-state index contributed by atoms with van der Waals surface area (Å²) < 4.78 is 16.1. The number of rotatable bonds is 10. The number of hydrogen-bond acceptors (Lipinski definition) is 2. The fraction of sp³-hybridized carbons (Fsp3) is 0.242. The summed E-state index contributed by atoms with van der Waals surface area (Å²) in [5, 5.41) is 13.8. The number of para-hydroxylation sites is 1. The van der Waals surface area contributed by atoms with Gasteiger partial charge in [-0.1, -0.05) is 68.0 Å². The number of carbonyl (C=O) groups excluding carboxylic acids is 1. The largest absolute Gasteiger partial charge is 0.393 e. The van der Waals surface area contributed by atoms with Crippen LogP contribution in [0.25, 0.3) is 22.4 Å². The standard InChI is InChI=1S/C33H35FN2O2/c1-22(2)21-28(37)19-20-36-31(23(3)4)30(33(38)35-27-13-9-6-10-14-27)29(24-11-7-5-8-12-24)32(36)25-15-17-26(34)18-16-25/h5-18,23,28,37H,1,19-21H2,2-4H3,(H,35,38). The molecule has 0 aliphatic rings. The van der Waals surface area contributed by atoms with Crippen LogP contribution in [0.5, 0.6) is 0 Å². The minimum absolute atomic E-state index is 0.00136. The van der Waals surface area contributed by atoms with Crippen molar-refractivity contribution in [1.82, 2.24) is 4.57 Å². The SMILES string of the molecule is C=C(C)CC(O)CCn1c(-c2ccc(F)cc2)c(-c2ccccc2)c(C(=O)Nc2ccccc2)c1C(C)C. The number of aromatic nitrogens is 1. The van der Waals surface area contributed by atoms with Crippen molar-refractivity contribution in [2.24, 2.45) is 0 Å². The van der Waals surface area contributed by atoms with E-state index in [-0.39, 0.29) is 17.6 Å². The minimum atomic E-state index is -0.558. The van der Waals surface area contributed by atoms with Gasteiger partial charge in [0.05, 0.1) is 17.4 Å². The van der Waals surface area contributed by atoms with Crippen LogP contribution in [-0.4, -0.2) is 21.7 Å². The Morgan fingerprint density at radius 3 is 2.13 bits per heavy atom. The second-order valence-electron chi connectivity index (χ2n) is 10.1. The number of amides is 1. The number of nitrogens with zero attached hydrogens (tertiary/aromatic N) is 1. The smallest absolute Gasteiger partial charge is 0.258 e. The van der Waals surface area contributed by atoms with E-state index >= 15 is 0 Å². The highest BCUT2D eigenvalue weighted by Crippen LogP contribution is 2.42. The number of aliphatic hydroxyl groups is 1. The van der Waals surface area contributed by atoms with Gasteiger partial charge in [0.15, 0.2) is 0 Å². The monoisotopic (exact) mass is 510 g/mol. The molecule has 196 valence electrons. The number of anilines is 1. The summed E-state index contributed by atoms with van der Waals surface area (Å²) in [6.45, 7) is 10.5. The van der Waals surface area contributed by atoms with Crippen molar-refractivity contribution in [3.05, 3.63) is 114 Å². The normalized spacial score (nSPS) is 11.9. The Balaban J connectivity index is 1.98. The Morgan fingerprint density at radius 1 is 0.947 bits per heavy atom. The molecule has 5 heteroatoms. The second-order valence-corrected chi connectivity index (χ2v) is 10.1. The van der Waals surface area contributed by atoms with Crippen LogP contribution >= 0.6 is 0 Å². The van der Waals surface area contributed by atoms with E-state index in [2.05, 4.69) is 30.3 Å². The molecule has 4 rings (SSSR count). The van der Waals surface area contributed by atoms with E-state index < -0.39 is 6.10 Å². The van der Waals surface area contributed by atoms with Gasteiger partial charge >= 0.3 is 0 Å². The molecular formula is C33H35FN2O2. The molecule has 1 unspecified atom stereocenters. The molecule has 0 radical (unpaired) electrons. The molecule has 0 saturated carbocycles. The molecule has 0 aliphatic carbocycles. The predicted molar refractivity (Wildman–Crippen MR) is 154 cm³/mol. The maximum Gasteiger partial charge on any atom is 0.258 e. The van der Waals surface area contributed by atoms with Crippen LogP contribution in [-0.2, 0) is 6.54 Å². The first-order chi connectivity index (χ1) is 18.3. The Hall–Kier alpha value is -3.96. The highest BCUT2D eigenvalue weighted by atomic mass is 19.1. The van der Waals surface area contributed by atoms with Gasteiger partial charge in [-0.05, 0) is 73.2 Å². The molecule has 38 heavy (non-hydrogen) atoms. The third-order valence-corrected chi connectivity index (χ3v) is 6.56. The highest BCUT2D eigenvalue weighted by molar-refractivity contribution is 6.12. The van der Waals surface area contributed by atoms with E-state index in [0.29, 0.717) is 30.6 Å². The van der Waals surface area contributed by atoms with Gasteiger partial charge in [0, 0.05) is 23.5 Å². The van der Waals surface area contributed by atoms with Gasteiger partial charge in [0.25, 0.3) is 5.91 Å². The predicted octanol–water partition coefficient (Wildman–Crippen LogP) is 8.05. The number of nitrogens with one attached hydrogen (secondary N) is 1. The second kappa shape index (κ2) is 12.1. The van der Waals surface area contributed by atoms with Crippen LogP contribution in [0.3, 0.4) is 0 Å². The Labute approximate surface area is 224 Å². The fourth-order valence-corrected chi connectivity index (χ4v) is 4.99. The molecule has 4 aromatic rings. The Morgan fingerprint density at radius 2 is 1.55 bits per heavy atom. The van der Waals surface area contributed by atoms with Crippen molar-refractivity contribution >= 4 is 11.6 Å². The Kier molecular flexibility index (Phi) is 8.59.